The predicted octanol–water partition coefficient (Wildman–Crippen LogP) is 1.26. The van der Waals surface area contributed by atoms with Crippen LogP contribution < -0.4 is 5.32 Å². The Morgan fingerprint density at radius 3 is 2.84 bits per heavy atom. The molecule has 2 heterocycles. The molecule has 1 saturated heterocycles. The highest BCUT2D eigenvalue weighted by atomic mass is 16.6. The lowest BCUT2D eigenvalue weighted by Crippen LogP contribution is -2.35. The number of rotatable bonds is 6. The first-order valence-corrected chi connectivity index (χ1v) is 7.97. The number of carbonyl (C=O) groups is 1. The minimum absolute atomic E-state index is 0.0818. The summed E-state index contributed by atoms with van der Waals surface area (Å²) in [5.41, 5.74) is 1.80. The van der Waals surface area contributed by atoms with Gasteiger partial charge in [-0.2, -0.15) is 4.68 Å². The Morgan fingerprint density at radius 1 is 1.32 bits per heavy atom. The number of aromatic nitrogens is 2. The van der Waals surface area contributed by atoms with Crippen molar-refractivity contribution in [3.8, 4) is 0 Å². The molecular weight excluding hydrogens is 326 g/mol. The highest BCUT2D eigenvalue weighted by Crippen LogP contribution is 2.14. The third-order valence-corrected chi connectivity index (χ3v) is 3.84. The van der Waals surface area contributed by atoms with Crippen molar-refractivity contribution < 1.29 is 14.5 Å². The number of nitro groups is 1. The van der Waals surface area contributed by atoms with Gasteiger partial charge in [0, 0.05) is 25.3 Å². The number of nitrogens with one attached hydrogen (secondary N) is 1. The quantitative estimate of drug-likeness (QED) is 0.625. The summed E-state index contributed by atoms with van der Waals surface area (Å²) in [5.74, 6) is -0.568. The first kappa shape index (κ1) is 17.1. The van der Waals surface area contributed by atoms with Gasteiger partial charge in [0.2, 0.25) is 5.91 Å². The average molecular weight is 345 g/mol. The van der Waals surface area contributed by atoms with Gasteiger partial charge in [-0.25, -0.2) is 0 Å². The van der Waals surface area contributed by atoms with Crippen molar-refractivity contribution in [2.24, 2.45) is 0 Å². The second-order valence-electron chi connectivity index (χ2n) is 5.77. The number of carbonyl (C=O) groups excluding carboxylic acids is 1. The van der Waals surface area contributed by atoms with E-state index in [1.807, 2.05) is 24.3 Å². The fourth-order valence-corrected chi connectivity index (χ4v) is 2.65. The zero-order valence-corrected chi connectivity index (χ0v) is 13.6. The van der Waals surface area contributed by atoms with E-state index in [0.29, 0.717) is 5.69 Å². The van der Waals surface area contributed by atoms with Gasteiger partial charge < -0.3 is 20.2 Å². The molecule has 9 nitrogen and oxygen atoms in total. The van der Waals surface area contributed by atoms with Crippen LogP contribution in [0.3, 0.4) is 0 Å². The van der Waals surface area contributed by atoms with Gasteiger partial charge in [0.05, 0.1) is 30.6 Å². The van der Waals surface area contributed by atoms with E-state index in [9.17, 15) is 14.9 Å². The Hall–Kier alpha value is -2.78. The SMILES string of the molecule is O=C(Cn1ccc([N+](=O)[O-])n1)Nc1cccc(CN2CCOCC2)c1. The fraction of sp³-hybridized carbons (Fsp3) is 0.375. The smallest absolute Gasteiger partial charge is 0.379 e. The van der Waals surface area contributed by atoms with Crippen LogP contribution in [0, 0.1) is 10.1 Å². The zero-order valence-electron chi connectivity index (χ0n) is 13.6. The Kier molecular flexibility index (Phi) is 5.36. The van der Waals surface area contributed by atoms with Crippen LogP contribution in [0.4, 0.5) is 11.5 Å². The Labute approximate surface area is 144 Å². The molecule has 1 aliphatic heterocycles. The molecule has 1 aromatic heterocycles. The van der Waals surface area contributed by atoms with Crippen LogP contribution in [-0.4, -0.2) is 51.8 Å². The molecule has 0 unspecified atom stereocenters. The summed E-state index contributed by atoms with van der Waals surface area (Å²) in [4.78, 5) is 24.4. The molecule has 25 heavy (non-hydrogen) atoms. The highest BCUT2D eigenvalue weighted by Gasteiger charge is 2.14. The van der Waals surface area contributed by atoms with Crippen LogP contribution in [0.1, 0.15) is 5.56 Å². The highest BCUT2D eigenvalue weighted by molar-refractivity contribution is 5.90. The van der Waals surface area contributed by atoms with Crippen LogP contribution in [-0.2, 0) is 22.6 Å². The third-order valence-electron chi connectivity index (χ3n) is 3.84. The average Bonchev–Trinajstić information content (AvgIpc) is 3.05. The monoisotopic (exact) mass is 345 g/mol. The Bertz CT molecular complexity index is 754. The number of nitrogens with zero attached hydrogens (tertiary/aromatic N) is 4. The maximum absolute atomic E-state index is 12.1. The van der Waals surface area contributed by atoms with E-state index < -0.39 is 4.92 Å². The molecule has 0 spiro atoms. The second kappa shape index (κ2) is 7.86. The molecule has 1 fully saturated rings. The maximum atomic E-state index is 12.1. The fourth-order valence-electron chi connectivity index (χ4n) is 2.65. The molecule has 1 amide bonds. The largest absolute Gasteiger partial charge is 0.389 e. The van der Waals surface area contributed by atoms with Gasteiger partial charge in [0.1, 0.15) is 6.54 Å². The number of amides is 1. The van der Waals surface area contributed by atoms with Gasteiger partial charge in [-0.3, -0.25) is 9.69 Å². The van der Waals surface area contributed by atoms with E-state index in [0.717, 1.165) is 38.4 Å². The number of benzene rings is 1. The van der Waals surface area contributed by atoms with E-state index >= 15 is 0 Å². The molecule has 1 aromatic carbocycles. The molecule has 9 heteroatoms. The third kappa shape index (κ3) is 4.85. The van der Waals surface area contributed by atoms with E-state index in [-0.39, 0.29) is 18.3 Å². The molecule has 1 N–H and O–H groups in total. The molecule has 0 saturated carbocycles. The molecule has 2 aromatic rings. The summed E-state index contributed by atoms with van der Waals surface area (Å²) < 4.78 is 6.58. The molecule has 0 bridgehead atoms. The predicted molar refractivity (Wildman–Crippen MR) is 90.0 cm³/mol. The van der Waals surface area contributed by atoms with Crippen LogP contribution in [0.2, 0.25) is 0 Å². The van der Waals surface area contributed by atoms with Gasteiger partial charge >= 0.3 is 5.82 Å². The molecule has 132 valence electrons. The molecule has 3 rings (SSSR count). The van der Waals surface area contributed by atoms with Gasteiger partial charge in [-0.15, -0.1) is 0 Å². The van der Waals surface area contributed by atoms with Crippen molar-refractivity contribution >= 4 is 17.4 Å². The molecular formula is C16H19N5O4. The van der Waals surface area contributed by atoms with E-state index in [1.165, 1.54) is 16.9 Å². The second-order valence-corrected chi connectivity index (χ2v) is 5.77. The Balaban J connectivity index is 1.57. The number of hydrogen-bond donors (Lipinski definition) is 1. The molecule has 1 aliphatic rings. The zero-order chi connectivity index (χ0) is 17.6. The number of ether oxygens (including phenoxy) is 1. The summed E-state index contributed by atoms with van der Waals surface area (Å²) in [6.45, 7) is 4.00. The summed E-state index contributed by atoms with van der Waals surface area (Å²) in [5, 5.41) is 17.1. The molecule has 0 aliphatic carbocycles. The van der Waals surface area contributed by atoms with E-state index in [4.69, 9.17) is 4.74 Å². The van der Waals surface area contributed by atoms with Crippen molar-refractivity contribution in [1.82, 2.24) is 14.7 Å². The van der Waals surface area contributed by atoms with Crippen molar-refractivity contribution in [2.45, 2.75) is 13.1 Å². The summed E-state index contributed by atoms with van der Waals surface area (Å²) in [6, 6.07) is 8.91. The van der Waals surface area contributed by atoms with Crippen molar-refractivity contribution in [1.29, 1.82) is 0 Å². The van der Waals surface area contributed by atoms with Crippen molar-refractivity contribution in [3.63, 3.8) is 0 Å². The lowest BCUT2D eigenvalue weighted by Gasteiger charge is -2.26. The standard InChI is InChI=1S/C16H19N5O4/c22-16(12-20-5-4-15(18-20)21(23)24)17-14-3-1-2-13(10-14)11-19-6-8-25-9-7-19/h1-5,10H,6-9,11-12H2,(H,17,22). The minimum atomic E-state index is -0.594. The van der Waals surface area contributed by atoms with E-state index in [2.05, 4.69) is 15.3 Å². The first-order valence-electron chi connectivity index (χ1n) is 7.97. The Morgan fingerprint density at radius 2 is 2.12 bits per heavy atom. The summed E-state index contributed by atoms with van der Waals surface area (Å²) >= 11 is 0. The number of morpholine rings is 1. The van der Waals surface area contributed by atoms with Gasteiger partial charge in [0.15, 0.2) is 0 Å². The topological polar surface area (TPSA) is 103 Å². The normalized spacial score (nSPS) is 15.0. The maximum Gasteiger partial charge on any atom is 0.389 e. The minimum Gasteiger partial charge on any atom is -0.379 e. The van der Waals surface area contributed by atoms with Crippen LogP contribution >= 0.6 is 0 Å². The number of hydrogen-bond acceptors (Lipinski definition) is 6. The number of anilines is 1. The molecule has 0 radical (unpaired) electrons. The van der Waals surface area contributed by atoms with Crippen LogP contribution in [0.5, 0.6) is 0 Å². The summed E-state index contributed by atoms with van der Waals surface area (Å²) in [7, 11) is 0. The van der Waals surface area contributed by atoms with Crippen molar-refractivity contribution in [3.05, 3.63) is 52.2 Å². The first-order chi connectivity index (χ1) is 12.1. The molecule has 0 atom stereocenters. The lowest BCUT2D eigenvalue weighted by atomic mass is 10.2. The lowest BCUT2D eigenvalue weighted by molar-refractivity contribution is -0.389. The van der Waals surface area contributed by atoms with Gasteiger partial charge in [0.25, 0.3) is 0 Å². The van der Waals surface area contributed by atoms with Crippen LogP contribution in [0.25, 0.3) is 0 Å². The van der Waals surface area contributed by atoms with Gasteiger partial charge in [-0.05, 0) is 22.6 Å². The van der Waals surface area contributed by atoms with Crippen LogP contribution in [0.15, 0.2) is 36.5 Å². The van der Waals surface area contributed by atoms with Crippen molar-refractivity contribution in [2.75, 3.05) is 31.6 Å². The van der Waals surface area contributed by atoms with Gasteiger partial charge in [-0.1, -0.05) is 12.1 Å². The summed E-state index contributed by atoms with van der Waals surface area (Å²) in [6.07, 6.45) is 1.41. The van der Waals surface area contributed by atoms with E-state index in [1.54, 1.807) is 0 Å².